The minimum Gasteiger partial charge on any atom is -0.493 e. The molecule has 6 heteroatoms. The van der Waals surface area contributed by atoms with E-state index in [1.165, 1.54) is 0 Å². The molecule has 0 aromatic heterocycles. The largest absolute Gasteiger partial charge is 0.493 e. The first-order valence-electron chi connectivity index (χ1n) is 8.07. The first kappa shape index (κ1) is 19.3. The van der Waals surface area contributed by atoms with E-state index in [1.807, 2.05) is 50.2 Å². The van der Waals surface area contributed by atoms with Crippen molar-refractivity contribution >= 4 is 11.4 Å². The maximum Gasteiger partial charge on any atom is 0.161 e. The summed E-state index contributed by atoms with van der Waals surface area (Å²) in [6, 6.07) is 11.3. The Bertz CT molecular complexity index is 759. The van der Waals surface area contributed by atoms with Gasteiger partial charge in [-0.2, -0.15) is 10.2 Å². The van der Waals surface area contributed by atoms with E-state index in [0.29, 0.717) is 23.0 Å². The maximum atomic E-state index is 5.33. The lowest BCUT2D eigenvalue weighted by Crippen LogP contribution is -1.99. The zero-order chi connectivity index (χ0) is 19.1. The average molecular weight is 356 g/mol. The van der Waals surface area contributed by atoms with Crippen LogP contribution in [0.3, 0.4) is 0 Å². The summed E-state index contributed by atoms with van der Waals surface area (Å²) >= 11 is 0. The Morgan fingerprint density at radius 3 is 1.23 bits per heavy atom. The van der Waals surface area contributed by atoms with E-state index in [1.54, 1.807) is 28.4 Å². The monoisotopic (exact) mass is 356 g/mol. The highest BCUT2D eigenvalue weighted by molar-refractivity contribution is 6.02. The number of nitrogens with zero attached hydrogens (tertiary/aromatic N) is 2. The van der Waals surface area contributed by atoms with Crippen LogP contribution in [0.25, 0.3) is 0 Å². The normalized spacial score (nSPS) is 11.9. The van der Waals surface area contributed by atoms with Crippen LogP contribution in [0.2, 0.25) is 0 Å². The van der Waals surface area contributed by atoms with Crippen molar-refractivity contribution in [3.8, 4) is 23.0 Å². The van der Waals surface area contributed by atoms with Gasteiger partial charge in [0, 0.05) is 11.1 Å². The van der Waals surface area contributed by atoms with Gasteiger partial charge in [0.05, 0.1) is 39.9 Å². The third-order valence-electron chi connectivity index (χ3n) is 3.95. The summed E-state index contributed by atoms with van der Waals surface area (Å²) in [5.41, 5.74) is 3.36. The first-order valence-corrected chi connectivity index (χ1v) is 8.07. The van der Waals surface area contributed by atoms with Crippen LogP contribution in [-0.4, -0.2) is 39.9 Å². The van der Waals surface area contributed by atoms with Crippen molar-refractivity contribution in [3.05, 3.63) is 47.5 Å². The second-order valence-corrected chi connectivity index (χ2v) is 5.51. The Hall–Kier alpha value is -3.02. The van der Waals surface area contributed by atoms with Crippen LogP contribution in [0.5, 0.6) is 23.0 Å². The van der Waals surface area contributed by atoms with Gasteiger partial charge in [-0.1, -0.05) is 0 Å². The topological polar surface area (TPSA) is 61.6 Å². The van der Waals surface area contributed by atoms with Crippen molar-refractivity contribution < 1.29 is 18.9 Å². The molecule has 0 aliphatic carbocycles. The van der Waals surface area contributed by atoms with Crippen LogP contribution in [0.4, 0.5) is 0 Å². The molecule has 0 aliphatic rings. The lowest BCUT2D eigenvalue weighted by atomic mass is 10.1. The molecule has 2 aromatic carbocycles. The molecule has 138 valence electrons. The lowest BCUT2D eigenvalue weighted by molar-refractivity contribution is 0.355. The van der Waals surface area contributed by atoms with Crippen LogP contribution in [-0.2, 0) is 0 Å². The number of ether oxygens (including phenoxy) is 4. The molecule has 0 amide bonds. The summed E-state index contributed by atoms with van der Waals surface area (Å²) in [6.07, 6.45) is 0. The number of rotatable bonds is 7. The molecule has 0 atom stereocenters. The van der Waals surface area contributed by atoms with Crippen molar-refractivity contribution in [2.45, 2.75) is 13.8 Å². The lowest BCUT2D eigenvalue weighted by Gasteiger charge is -2.09. The molecule has 0 saturated carbocycles. The minimum atomic E-state index is 0.653. The Morgan fingerprint density at radius 1 is 0.577 bits per heavy atom. The van der Waals surface area contributed by atoms with Crippen LogP contribution < -0.4 is 18.9 Å². The highest BCUT2D eigenvalue weighted by Crippen LogP contribution is 2.29. The molecule has 0 aliphatic heterocycles. The van der Waals surface area contributed by atoms with E-state index in [2.05, 4.69) is 10.2 Å². The molecule has 6 nitrogen and oxygen atoms in total. The maximum absolute atomic E-state index is 5.33. The van der Waals surface area contributed by atoms with Crippen molar-refractivity contribution in [2.75, 3.05) is 28.4 Å². The molecule has 26 heavy (non-hydrogen) atoms. The molecule has 2 rings (SSSR count). The van der Waals surface area contributed by atoms with E-state index >= 15 is 0 Å². The summed E-state index contributed by atoms with van der Waals surface area (Å²) in [7, 11) is 6.42. The molecule has 0 N–H and O–H groups in total. The molecule has 0 unspecified atom stereocenters. The van der Waals surface area contributed by atoms with Crippen molar-refractivity contribution in [1.29, 1.82) is 0 Å². The van der Waals surface area contributed by atoms with Crippen LogP contribution >= 0.6 is 0 Å². The quantitative estimate of drug-likeness (QED) is 0.557. The van der Waals surface area contributed by atoms with Gasteiger partial charge in [-0.05, 0) is 50.2 Å². The number of methoxy groups -OCH3 is 4. The van der Waals surface area contributed by atoms with Gasteiger partial charge in [0.15, 0.2) is 23.0 Å². The standard InChI is InChI=1S/C20H24N2O4/c1-13(15-7-9-17(23-3)19(11-15)25-5)21-22-14(2)16-8-10-18(24-4)20(12-16)26-6/h7-12H,1-6H3/b21-13-,22-14-. The van der Waals surface area contributed by atoms with Gasteiger partial charge in [-0.15, -0.1) is 0 Å². The molecule has 2 aromatic rings. The second kappa shape index (κ2) is 8.89. The Labute approximate surface area is 154 Å². The predicted molar refractivity (Wildman–Crippen MR) is 104 cm³/mol. The fourth-order valence-electron chi connectivity index (χ4n) is 2.39. The van der Waals surface area contributed by atoms with Crippen LogP contribution in [0.1, 0.15) is 25.0 Å². The van der Waals surface area contributed by atoms with Gasteiger partial charge >= 0.3 is 0 Å². The van der Waals surface area contributed by atoms with Gasteiger partial charge in [0.25, 0.3) is 0 Å². The fraction of sp³-hybridized carbons (Fsp3) is 0.300. The summed E-state index contributed by atoms with van der Waals surface area (Å²) in [4.78, 5) is 0. The van der Waals surface area contributed by atoms with Gasteiger partial charge in [-0.3, -0.25) is 0 Å². The molecule has 0 saturated heterocycles. The summed E-state index contributed by atoms with van der Waals surface area (Å²) < 4.78 is 21.2. The molecule has 0 fully saturated rings. The van der Waals surface area contributed by atoms with Crippen LogP contribution in [0.15, 0.2) is 46.6 Å². The summed E-state index contributed by atoms with van der Waals surface area (Å²) in [6.45, 7) is 3.79. The van der Waals surface area contributed by atoms with Gasteiger partial charge in [-0.25, -0.2) is 0 Å². The van der Waals surface area contributed by atoms with E-state index in [-0.39, 0.29) is 0 Å². The molecule has 0 heterocycles. The van der Waals surface area contributed by atoms with Gasteiger partial charge < -0.3 is 18.9 Å². The number of benzene rings is 2. The SMILES string of the molecule is COc1ccc(/C(C)=N\N=C(\C)c2ccc(OC)c(OC)c2)cc1OC. The Morgan fingerprint density at radius 2 is 0.923 bits per heavy atom. The summed E-state index contributed by atoms with van der Waals surface area (Å²) in [5, 5.41) is 8.67. The van der Waals surface area contributed by atoms with Gasteiger partial charge in [0.1, 0.15) is 0 Å². The molecule has 0 bridgehead atoms. The van der Waals surface area contributed by atoms with Gasteiger partial charge in [0.2, 0.25) is 0 Å². The van der Waals surface area contributed by atoms with E-state index in [9.17, 15) is 0 Å². The van der Waals surface area contributed by atoms with E-state index < -0.39 is 0 Å². The highest BCUT2D eigenvalue weighted by atomic mass is 16.5. The van der Waals surface area contributed by atoms with Crippen LogP contribution in [0, 0.1) is 0 Å². The minimum absolute atomic E-state index is 0.653. The fourth-order valence-corrected chi connectivity index (χ4v) is 2.39. The zero-order valence-corrected chi connectivity index (χ0v) is 16.0. The third-order valence-corrected chi connectivity index (χ3v) is 3.95. The third kappa shape index (κ3) is 4.33. The summed E-state index contributed by atoms with van der Waals surface area (Å²) in [5.74, 6) is 2.66. The number of hydrogen-bond acceptors (Lipinski definition) is 6. The zero-order valence-electron chi connectivity index (χ0n) is 16.0. The predicted octanol–water partition coefficient (Wildman–Crippen LogP) is 3.95. The second-order valence-electron chi connectivity index (χ2n) is 5.51. The molecular weight excluding hydrogens is 332 g/mol. The van der Waals surface area contributed by atoms with Crippen molar-refractivity contribution in [2.24, 2.45) is 10.2 Å². The highest BCUT2D eigenvalue weighted by Gasteiger charge is 2.08. The Kier molecular flexibility index (Phi) is 6.60. The van der Waals surface area contributed by atoms with Crippen molar-refractivity contribution in [3.63, 3.8) is 0 Å². The first-order chi connectivity index (χ1) is 12.5. The average Bonchev–Trinajstić information content (AvgIpc) is 2.70. The smallest absolute Gasteiger partial charge is 0.161 e. The van der Waals surface area contributed by atoms with Crippen molar-refractivity contribution in [1.82, 2.24) is 0 Å². The Balaban J connectivity index is 2.29. The number of hydrogen-bond donors (Lipinski definition) is 0. The molecule has 0 spiro atoms. The molecular formula is C20H24N2O4. The van der Waals surface area contributed by atoms with E-state index in [4.69, 9.17) is 18.9 Å². The molecule has 0 radical (unpaired) electrons. The van der Waals surface area contributed by atoms with E-state index in [0.717, 1.165) is 22.6 Å².